The van der Waals surface area contributed by atoms with Crippen LogP contribution >= 0.6 is 0 Å². The molecule has 0 aliphatic carbocycles. The molecule has 0 spiro atoms. The molecule has 0 saturated carbocycles. The van der Waals surface area contributed by atoms with Gasteiger partial charge in [-0.1, -0.05) is 176 Å². The van der Waals surface area contributed by atoms with Gasteiger partial charge in [-0.15, -0.1) is 0 Å². The summed E-state index contributed by atoms with van der Waals surface area (Å²) < 4.78 is 0. The zero-order valence-electron chi connectivity index (χ0n) is 29.4. The van der Waals surface area contributed by atoms with Crippen molar-refractivity contribution in [1.82, 2.24) is 15.0 Å². The van der Waals surface area contributed by atoms with Crippen LogP contribution in [-0.4, -0.2) is 15.0 Å². The van der Waals surface area contributed by atoms with Gasteiger partial charge in [0.25, 0.3) is 0 Å². The van der Waals surface area contributed by atoms with Gasteiger partial charge in [-0.2, -0.15) is 0 Å². The van der Waals surface area contributed by atoms with E-state index in [4.69, 9.17) is 15.0 Å². The Kier molecular flexibility index (Phi) is 7.81. The van der Waals surface area contributed by atoms with Crippen LogP contribution in [0, 0.1) is 0 Å². The molecular weight excluding hydrogens is 655 g/mol. The highest BCUT2D eigenvalue weighted by Crippen LogP contribution is 2.36. The Hall–Kier alpha value is -7.23. The lowest BCUT2D eigenvalue weighted by molar-refractivity contribution is 1.08. The smallest absolute Gasteiger partial charge is 0.164 e. The van der Waals surface area contributed by atoms with Crippen LogP contribution in [0.2, 0.25) is 0 Å². The van der Waals surface area contributed by atoms with Crippen LogP contribution in [0.1, 0.15) is 0 Å². The zero-order valence-corrected chi connectivity index (χ0v) is 29.4. The SMILES string of the molecule is c1ccc(-c2ccc3cc(-c4nc(-c5ccc(-c6cccc7ccccc67)cc5)nc(-c5cc(-c6ccccc6)c6ccccc6c5)n4)ccc3c2)cc1. The Morgan fingerprint density at radius 1 is 0.222 bits per heavy atom. The predicted molar refractivity (Wildman–Crippen MR) is 225 cm³/mol. The summed E-state index contributed by atoms with van der Waals surface area (Å²) in [6, 6.07) is 70.6. The molecule has 0 radical (unpaired) electrons. The van der Waals surface area contributed by atoms with Gasteiger partial charge >= 0.3 is 0 Å². The second kappa shape index (κ2) is 13.4. The monoisotopic (exact) mass is 687 g/mol. The van der Waals surface area contributed by atoms with E-state index in [1.165, 1.54) is 38.2 Å². The fraction of sp³-hybridized carbons (Fsp3) is 0. The first-order valence-electron chi connectivity index (χ1n) is 18.3. The van der Waals surface area contributed by atoms with Gasteiger partial charge in [0, 0.05) is 16.7 Å². The molecule has 0 N–H and O–H groups in total. The first-order chi connectivity index (χ1) is 26.7. The molecule has 3 nitrogen and oxygen atoms in total. The largest absolute Gasteiger partial charge is 0.208 e. The van der Waals surface area contributed by atoms with E-state index in [9.17, 15) is 0 Å². The molecule has 0 saturated heterocycles. The molecule has 0 atom stereocenters. The standard InChI is InChI=1S/C51H33N3/c1-3-12-34(13-4-1)39-26-27-41-31-43(29-28-40(41)30-39)50-52-49(38-24-22-37(23-25-38)46-21-11-18-35-16-7-9-19-45(35)46)53-51(54-50)44-32-42-17-8-10-20-47(42)48(33-44)36-14-5-2-6-15-36/h1-33H. The topological polar surface area (TPSA) is 38.7 Å². The molecular formula is C51H33N3. The Morgan fingerprint density at radius 3 is 1.41 bits per heavy atom. The summed E-state index contributed by atoms with van der Waals surface area (Å²) in [7, 11) is 0. The summed E-state index contributed by atoms with van der Waals surface area (Å²) in [5, 5.41) is 7.08. The van der Waals surface area contributed by atoms with Crippen LogP contribution in [0.4, 0.5) is 0 Å². The van der Waals surface area contributed by atoms with Gasteiger partial charge < -0.3 is 0 Å². The van der Waals surface area contributed by atoms with Crippen molar-refractivity contribution in [2.45, 2.75) is 0 Å². The first-order valence-corrected chi connectivity index (χ1v) is 18.3. The predicted octanol–water partition coefficient (Wildman–Crippen LogP) is 13.3. The van der Waals surface area contributed by atoms with Crippen molar-refractivity contribution >= 4 is 32.3 Å². The van der Waals surface area contributed by atoms with Crippen LogP contribution < -0.4 is 0 Å². The van der Waals surface area contributed by atoms with Crippen molar-refractivity contribution < 1.29 is 0 Å². The third kappa shape index (κ3) is 5.88. The van der Waals surface area contributed by atoms with E-state index in [1.54, 1.807) is 0 Å². The quantitative estimate of drug-likeness (QED) is 0.175. The Bertz CT molecular complexity index is 2970. The minimum absolute atomic E-state index is 0.633. The summed E-state index contributed by atoms with van der Waals surface area (Å²) >= 11 is 0. The third-order valence-electron chi connectivity index (χ3n) is 10.3. The maximum atomic E-state index is 5.19. The number of hydrogen-bond acceptors (Lipinski definition) is 3. The number of hydrogen-bond donors (Lipinski definition) is 0. The van der Waals surface area contributed by atoms with Crippen LogP contribution in [0.15, 0.2) is 200 Å². The summed E-state index contributed by atoms with van der Waals surface area (Å²) in [6.45, 7) is 0. The summed E-state index contributed by atoms with van der Waals surface area (Å²) in [6.07, 6.45) is 0. The molecule has 0 aliphatic heterocycles. The summed E-state index contributed by atoms with van der Waals surface area (Å²) in [5.74, 6) is 1.90. The van der Waals surface area contributed by atoms with E-state index in [1.807, 2.05) is 6.07 Å². The third-order valence-corrected chi connectivity index (χ3v) is 10.3. The van der Waals surface area contributed by atoms with Crippen molar-refractivity contribution in [2.24, 2.45) is 0 Å². The molecule has 0 amide bonds. The van der Waals surface area contributed by atoms with Gasteiger partial charge in [-0.3, -0.25) is 0 Å². The van der Waals surface area contributed by atoms with Gasteiger partial charge in [0.15, 0.2) is 17.5 Å². The highest BCUT2D eigenvalue weighted by atomic mass is 15.0. The van der Waals surface area contributed by atoms with Crippen LogP contribution in [0.3, 0.4) is 0 Å². The molecule has 252 valence electrons. The van der Waals surface area contributed by atoms with E-state index in [0.29, 0.717) is 17.5 Å². The zero-order chi connectivity index (χ0) is 35.8. The van der Waals surface area contributed by atoms with E-state index in [0.717, 1.165) is 44.2 Å². The lowest BCUT2D eigenvalue weighted by Crippen LogP contribution is -2.00. The molecule has 0 bridgehead atoms. The van der Waals surface area contributed by atoms with Crippen molar-refractivity contribution in [3.63, 3.8) is 0 Å². The normalized spacial score (nSPS) is 11.3. The number of benzene rings is 9. The molecule has 3 heteroatoms. The van der Waals surface area contributed by atoms with Crippen molar-refractivity contribution in [3.8, 4) is 67.5 Å². The average Bonchev–Trinajstić information content (AvgIpc) is 3.26. The fourth-order valence-corrected chi connectivity index (χ4v) is 7.53. The molecule has 10 aromatic rings. The van der Waals surface area contributed by atoms with Crippen molar-refractivity contribution in [3.05, 3.63) is 200 Å². The van der Waals surface area contributed by atoms with E-state index >= 15 is 0 Å². The maximum absolute atomic E-state index is 5.19. The van der Waals surface area contributed by atoms with Crippen LogP contribution in [-0.2, 0) is 0 Å². The molecule has 1 heterocycles. The van der Waals surface area contributed by atoms with E-state index in [-0.39, 0.29) is 0 Å². The second-order valence-corrected chi connectivity index (χ2v) is 13.7. The van der Waals surface area contributed by atoms with Crippen molar-refractivity contribution in [2.75, 3.05) is 0 Å². The molecule has 54 heavy (non-hydrogen) atoms. The molecule has 0 unspecified atom stereocenters. The average molecular weight is 688 g/mol. The molecule has 0 aliphatic rings. The van der Waals surface area contributed by atoms with Gasteiger partial charge in [-0.05, 0) is 90.0 Å². The van der Waals surface area contributed by atoms with Gasteiger partial charge in [0.1, 0.15) is 0 Å². The van der Waals surface area contributed by atoms with Crippen LogP contribution in [0.5, 0.6) is 0 Å². The van der Waals surface area contributed by atoms with E-state index < -0.39 is 0 Å². The first kappa shape index (κ1) is 31.5. The van der Waals surface area contributed by atoms with Gasteiger partial charge in [0.05, 0.1) is 0 Å². The van der Waals surface area contributed by atoms with Crippen molar-refractivity contribution in [1.29, 1.82) is 0 Å². The summed E-state index contributed by atoms with van der Waals surface area (Å²) in [4.78, 5) is 15.5. The Morgan fingerprint density at radius 2 is 0.685 bits per heavy atom. The minimum atomic E-state index is 0.633. The van der Waals surface area contributed by atoms with Crippen LogP contribution in [0.25, 0.3) is 99.9 Å². The van der Waals surface area contributed by atoms with Gasteiger partial charge in [-0.25, -0.2) is 15.0 Å². The highest BCUT2D eigenvalue weighted by Gasteiger charge is 2.16. The lowest BCUT2D eigenvalue weighted by atomic mass is 9.95. The highest BCUT2D eigenvalue weighted by molar-refractivity contribution is 6.00. The number of fused-ring (bicyclic) bond motifs is 3. The Labute approximate surface area is 313 Å². The summed E-state index contributed by atoms with van der Waals surface area (Å²) in [5.41, 5.74) is 9.86. The molecule has 10 rings (SSSR count). The maximum Gasteiger partial charge on any atom is 0.164 e. The molecule has 0 fully saturated rings. The van der Waals surface area contributed by atoms with Gasteiger partial charge in [0.2, 0.25) is 0 Å². The number of nitrogens with zero attached hydrogens (tertiary/aromatic N) is 3. The molecule has 1 aromatic heterocycles. The second-order valence-electron chi connectivity index (χ2n) is 13.7. The minimum Gasteiger partial charge on any atom is -0.208 e. The van der Waals surface area contributed by atoms with E-state index in [2.05, 4.69) is 194 Å². The number of aromatic nitrogens is 3. The Balaban J connectivity index is 1.12. The lowest BCUT2D eigenvalue weighted by Gasteiger charge is -2.13. The molecule has 9 aromatic carbocycles. The fourth-order valence-electron chi connectivity index (χ4n) is 7.53. The number of rotatable bonds is 6.